The number of ether oxygens (including phenoxy) is 5. The maximum absolute atomic E-state index is 13.5. The van der Waals surface area contributed by atoms with Gasteiger partial charge in [-0.3, -0.25) is 19.2 Å². The van der Waals surface area contributed by atoms with Gasteiger partial charge >= 0.3 is 24.2 Å². The molecular formula is C43H54N4O12. The first kappa shape index (κ1) is 46.9. The highest BCUT2D eigenvalue weighted by molar-refractivity contribution is 5.93. The van der Waals surface area contributed by atoms with Gasteiger partial charge in [0.05, 0.1) is 6.54 Å². The Labute approximate surface area is 344 Å². The van der Waals surface area contributed by atoms with Crippen molar-refractivity contribution < 1.29 is 57.2 Å². The Kier molecular flexibility index (Phi) is 17.9. The summed E-state index contributed by atoms with van der Waals surface area (Å²) in [6, 6.07) is 20.4. The van der Waals surface area contributed by atoms with Gasteiger partial charge in [0.2, 0.25) is 17.7 Å². The molecule has 4 amide bonds. The molecule has 16 heteroatoms. The number of hydrogen-bond acceptors (Lipinski definition) is 12. The van der Waals surface area contributed by atoms with Gasteiger partial charge in [0, 0.05) is 12.8 Å². The quantitative estimate of drug-likeness (QED) is 0.0774. The van der Waals surface area contributed by atoms with Crippen LogP contribution < -0.4 is 26.0 Å². The van der Waals surface area contributed by atoms with Gasteiger partial charge in [0.1, 0.15) is 48.3 Å². The molecule has 0 radical (unpaired) electrons. The zero-order valence-electron chi connectivity index (χ0n) is 34.5. The van der Waals surface area contributed by atoms with E-state index in [9.17, 15) is 33.6 Å². The van der Waals surface area contributed by atoms with Crippen LogP contribution in [0.1, 0.15) is 78.0 Å². The Balaban J connectivity index is 1.60. The average Bonchev–Trinajstić information content (AvgIpc) is 3.16. The molecule has 3 rings (SSSR count). The highest BCUT2D eigenvalue weighted by atomic mass is 16.7. The van der Waals surface area contributed by atoms with Gasteiger partial charge < -0.3 is 45.0 Å². The van der Waals surface area contributed by atoms with Crippen LogP contribution >= 0.6 is 0 Å². The lowest BCUT2D eigenvalue weighted by Gasteiger charge is -2.24. The van der Waals surface area contributed by atoms with Crippen molar-refractivity contribution in [3.05, 3.63) is 102 Å². The van der Waals surface area contributed by atoms with E-state index in [1.807, 2.05) is 24.3 Å². The molecule has 0 aliphatic heterocycles. The molecule has 0 fully saturated rings. The molecule has 3 aromatic carbocycles. The summed E-state index contributed by atoms with van der Waals surface area (Å²) in [7, 11) is 0. The van der Waals surface area contributed by atoms with Crippen molar-refractivity contribution >= 4 is 41.9 Å². The molecule has 0 saturated heterocycles. The second kappa shape index (κ2) is 22.5. The van der Waals surface area contributed by atoms with E-state index in [1.54, 1.807) is 90.1 Å². The molecule has 59 heavy (non-hydrogen) atoms. The standard InChI is InChI=1S/C43H54N4O12/c1-28(45-38(51)34(47-40(53)58-42(2,3)4)24-29-18-20-32(21-19-29)57-41(54)59-43(5,6)7)37(50)44-25-35(48)46-33(39(52)56-27-31-16-12-9-13-17-31)22-23-36(49)55-26-30-14-10-8-11-15-30/h8-21,28,33-34H,22-27H2,1-7H3,(H,44,50)(H,45,51)(H,46,48)(H,47,53)/t28-,33-,34-/m0/s1. The second-order valence-electron chi connectivity index (χ2n) is 15.5. The van der Waals surface area contributed by atoms with E-state index < -0.39 is 77.8 Å². The van der Waals surface area contributed by atoms with Crippen molar-refractivity contribution in [2.24, 2.45) is 0 Å². The summed E-state index contributed by atoms with van der Waals surface area (Å²) in [5.41, 5.74) is 0.427. The minimum absolute atomic E-state index is 0.0353. The summed E-state index contributed by atoms with van der Waals surface area (Å²) >= 11 is 0. The lowest BCUT2D eigenvalue weighted by Crippen LogP contribution is -2.55. The van der Waals surface area contributed by atoms with Crippen molar-refractivity contribution in [2.75, 3.05) is 6.54 Å². The molecule has 3 atom stereocenters. The Bertz CT molecular complexity index is 1870. The molecule has 0 unspecified atom stereocenters. The van der Waals surface area contributed by atoms with Gasteiger partial charge in [-0.25, -0.2) is 14.4 Å². The molecule has 0 saturated carbocycles. The van der Waals surface area contributed by atoms with E-state index in [0.717, 1.165) is 5.56 Å². The molecule has 3 aromatic rings. The van der Waals surface area contributed by atoms with Crippen LogP contribution in [0.15, 0.2) is 84.9 Å². The summed E-state index contributed by atoms with van der Waals surface area (Å²) in [5, 5.41) is 9.99. The summed E-state index contributed by atoms with van der Waals surface area (Å²) < 4.78 is 26.4. The lowest BCUT2D eigenvalue weighted by atomic mass is 10.0. The Hall–Kier alpha value is -6.45. The Morgan fingerprint density at radius 3 is 1.73 bits per heavy atom. The number of alkyl carbamates (subject to hydrolysis) is 1. The van der Waals surface area contributed by atoms with Gasteiger partial charge in [0.15, 0.2) is 0 Å². The molecule has 0 bridgehead atoms. The average molecular weight is 819 g/mol. The number of hydrogen-bond donors (Lipinski definition) is 4. The van der Waals surface area contributed by atoms with Crippen molar-refractivity contribution in [3.63, 3.8) is 0 Å². The van der Waals surface area contributed by atoms with Crippen LogP contribution in [0, 0.1) is 0 Å². The fourth-order valence-corrected chi connectivity index (χ4v) is 5.05. The first-order valence-corrected chi connectivity index (χ1v) is 19.0. The number of amides is 4. The zero-order valence-corrected chi connectivity index (χ0v) is 34.5. The molecule has 16 nitrogen and oxygen atoms in total. The third-order valence-electron chi connectivity index (χ3n) is 7.86. The van der Waals surface area contributed by atoms with Gasteiger partial charge in [-0.1, -0.05) is 72.8 Å². The molecule has 0 aliphatic rings. The van der Waals surface area contributed by atoms with E-state index in [4.69, 9.17) is 23.7 Å². The normalized spacial score (nSPS) is 12.7. The number of carbonyl (C=O) groups excluding carboxylic acids is 7. The number of rotatable bonds is 18. The minimum Gasteiger partial charge on any atom is -0.461 e. The fourth-order valence-electron chi connectivity index (χ4n) is 5.05. The number of nitrogens with one attached hydrogen (secondary N) is 4. The Morgan fingerprint density at radius 2 is 1.17 bits per heavy atom. The van der Waals surface area contributed by atoms with Crippen LogP contribution in [0.25, 0.3) is 0 Å². The minimum atomic E-state index is -1.25. The van der Waals surface area contributed by atoms with Crippen molar-refractivity contribution in [1.82, 2.24) is 21.3 Å². The predicted octanol–water partition coefficient (Wildman–Crippen LogP) is 4.81. The number of esters is 2. The van der Waals surface area contributed by atoms with E-state index in [1.165, 1.54) is 19.1 Å². The second-order valence-corrected chi connectivity index (χ2v) is 15.5. The molecule has 0 aromatic heterocycles. The highest BCUT2D eigenvalue weighted by Gasteiger charge is 2.29. The predicted molar refractivity (Wildman–Crippen MR) is 214 cm³/mol. The zero-order chi connectivity index (χ0) is 43.6. The van der Waals surface area contributed by atoms with Gasteiger partial charge in [-0.05, 0) is 83.7 Å². The largest absolute Gasteiger partial charge is 0.514 e. The SMILES string of the molecule is C[C@H](NC(=O)[C@H](Cc1ccc(OC(=O)OC(C)(C)C)cc1)NC(=O)OC(C)(C)C)C(=O)NCC(=O)N[C@@H](CCC(=O)OCc1ccccc1)C(=O)OCc1ccccc1. The third kappa shape index (κ3) is 19.0. The topological polar surface area (TPSA) is 214 Å². The number of carbonyl (C=O) groups is 7. The van der Waals surface area contributed by atoms with Crippen molar-refractivity contribution in [3.8, 4) is 5.75 Å². The summed E-state index contributed by atoms with van der Waals surface area (Å²) in [6.07, 6.45) is -2.17. The smallest absolute Gasteiger partial charge is 0.461 e. The lowest BCUT2D eigenvalue weighted by molar-refractivity contribution is -0.150. The first-order valence-electron chi connectivity index (χ1n) is 19.0. The molecule has 0 aliphatic carbocycles. The molecule has 318 valence electrons. The maximum atomic E-state index is 13.5. The van der Waals surface area contributed by atoms with Crippen molar-refractivity contribution in [1.29, 1.82) is 0 Å². The van der Waals surface area contributed by atoms with Crippen LogP contribution in [0.2, 0.25) is 0 Å². The van der Waals surface area contributed by atoms with Gasteiger partial charge in [-0.15, -0.1) is 0 Å². The third-order valence-corrected chi connectivity index (χ3v) is 7.86. The van der Waals surface area contributed by atoms with Crippen LogP contribution in [-0.4, -0.2) is 77.8 Å². The summed E-state index contributed by atoms with van der Waals surface area (Å²) in [4.78, 5) is 89.9. The number of benzene rings is 3. The van der Waals surface area contributed by atoms with Crippen LogP contribution in [0.5, 0.6) is 5.75 Å². The van der Waals surface area contributed by atoms with E-state index >= 15 is 0 Å². The molecule has 4 N–H and O–H groups in total. The monoisotopic (exact) mass is 818 g/mol. The van der Waals surface area contributed by atoms with Crippen LogP contribution in [-0.2, 0) is 62.6 Å². The fraction of sp³-hybridized carbons (Fsp3) is 0.419. The Morgan fingerprint density at radius 1 is 0.610 bits per heavy atom. The highest BCUT2D eigenvalue weighted by Crippen LogP contribution is 2.17. The van der Waals surface area contributed by atoms with Gasteiger partial charge in [0.25, 0.3) is 0 Å². The van der Waals surface area contributed by atoms with E-state index in [-0.39, 0.29) is 38.2 Å². The summed E-state index contributed by atoms with van der Waals surface area (Å²) in [5.74, 6) is -3.45. The van der Waals surface area contributed by atoms with E-state index in [2.05, 4.69) is 21.3 Å². The molecule has 0 heterocycles. The van der Waals surface area contributed by atoms with Gasteiger partial charge in [-0.2, -0.15) is 0 Å². The van der Waals surface area contributed by atoms with E-state index in [0.29, 0.717) is 11.1 Å². The maximum Gasteiger partial charge on any atom is 0.514 e. The molecular weight excluding hydrogens is 764 g/mol. The van der Waals surface area contributed by atoms with Crippen LogP contribution in [0.3, 0.4) is 0 Å². The van der Waals surface area contributed by atoms with Crippen molar-refractivity contribution in [2.45, 2.75) is 110 Å². The summed E-state index contributed by atoms with van der Waals surface area (Å²) in [6.45, 7) is 10.8. The first-order chi connectivity index (χ1) is 27.8. The van der Waals surface area contributed by atoms with Crippen LogP contribution in [0.4, 0.5) is 9.59 Å². The molecule has 0 spiro atoms.